The van der Waals surface area contributed by atoms with Gasteiger partial charge >= 0.3 is 6.18 Å². The summed E-state index contributed by atoms with van der Waals surface area (Å²) in [6.45, 7) is 0.0390. The maximum atomic E-state index is 11.7. The van der Waals surface area contributed by atoms with E-state index in [1.807, 2.05) is 0 Å². The van der Waals surface area contributed by atoms with Crippen LogP contribution in [-0.4, -0.2) is 24.2 Å². The van der Waals surface area contributed by atoms with Crippen LogP contribution in [0.25, 0.3) is 0 Å². The van der Waals surface area contributed by atoms with Crippen LogP contribution in [0.2, 0.25) is 0 Å². The molecule has 0 aromatic carbocycles. The van der Waals surface area contributed by atoms with Crippen molar-refractivity contribution in [2.75, 3.05) is 6.54 Å². The zero-order chi connectivity index (χ0) is 10.8. The fourth-order valence-corrected chi connectivity index (χ4v) is 1.03. The third kappa shape index (κ3) is 3.53. The third-order valence-electron chi connectivity index (χ3n) is 2.16. The molecule has 6 heteroatoms. The Labute approximate surface area is 79.8 Å². The van der Waals surface area contributed by atoms with Crippen LogP contribution in [0.5, 0.6) is 0 Å². The lowest BCUT2D eigenvalue weighted by molar-refractivity contribution is -0.136. The monoisotopic (exact) mass is 210 g/mol. The smallest absolute Gasteiger partial charge is 0.354 e. The number of hydrogen-bond donors (Lipinski definition) is 2. The van der Waals surface area contributed by atoms with Gasteiger partial charge in [0.1, 0.15) is 0 Å². The second-order valence-corrected chi connectivity index (χ2v) is 3.63. The molecule has 0 radical (unpaired) electrons. The van der Waals surface area contributed by atoms with Crippen molar-refractivity contribution >= 4 is 5.91 Å². The van der Waals surface area contributed by atoms with E-state index in [4.69, 9.17) is 5.73 Å². The van der Waals surface area contributed by atoms with Crippen molar-refractivity contribution in [2.45, 2.75) is 37.4 Å². The van der Waals surface area contributed by atoms with Crippen molar-refractivity contribution in [1.29, 1.82) is 0 Å². The van der Waals surface area contributed by atoms with E-state index < -0.39 is 18.1 Å². The van der Waals surface area contributed by atoms with Crippen LogP contribution in [0.4, 0.5) is 13.2 Å². The zero-order valence-corrected chi connectivity index (χ0v) is 7.66. The van der Waals surface area contributed by atoms with E-state index in [0.717, 1.165) is 0 Å². The highest BCUT2D eigenvalue weighted by Gasteiger charge is 2.45. The van der Waals surface area contributed by atoms with Crippen molar-refractivity contribution in [2.24, 2.45) is 5.73 Å². The molecule has 0 aliphatic heterocycles. The minimum Gasteiger partial charge on any atom is -0.354 e. The summed E-state index contributed by atoms with van der Waals surface area (Å²) in [5.74, 6) is -0.334. The van der Waals surface area contributed by atoms with Gasteiger partial charge in [0.25, 0.3) is 0 Å². The number of carbonyl (C=O) groups is 1. The number of halogens is 3. The number of alkyl halides is 3. The number of nitrogens with one attached hydrogen (secondary N) is 1. The van der Waals surface area contributed by atoms with E-state index in [0.29, 0.717) is 12.8 Å². The molecule has 82 valence electrons. The molecule has 1 rings (SSSR count). The van der Waals surface area contributed by atoms with Crippen LogP contribution < -0.4 is 11.1 Å². The molecule has 0 bridgehead atoms. The Kier molecular flexibility index (Phi) is 3.04. The highest BCUT2D eigenvalue weighted by Crippen LogP contribution is 2.32. The summed E-state index contributed by atoms with van der Waals surface area (Å²) in [5.41, 5.74) is 4.73. The topological polar surface area (TPSA) is 55.1 Å². The van der Waals surface area contributed by atoms with Gasteiger partial charge in [-0.3, -0.25) is 4.79 Å². The van der Waals surface area contributed by atoms with Gasteiger partial charge in [0.05, 0.1) is 5.54 Å². The summed E-state index contributed by atoms with van der Waals surface area (Å²) < 4.78 is 35.1. The minimum atomic E-state index is -4.15. The first-order valence-corrected chi connectivity index (χ1v) is 4.47. The molecule has 1 amide bonds. The number of hydrogen-bond acceptors (Lipinski definition) is 2. The van der Waals surface area contributed by atoms with Gasteiger partial charge < -0.3 is 11.1 Å². The van der Waals surface area contributed by atoms with Crippen LogP contribution in [0, 0.1) is 0 Å². The van der Waals surface area contributed by atoms with Gasteiger partial charge in [0.2, 0.25) is 5.91 Å². The van der Waals surface area contributed by atoms with E-state index in [9.17, 15) is 18.0 Å². The zero-order valence-electron chi connectivity index (χ0n) is 7.66. The molecule has 0 aromatic rings. The molecule has 0 atom stereocenters. The lowest BCUT2D eigenvalue weighted by Gasteiger charge is -2.10. The Morgan fingerprint density at radius 1 is 1.43 bits per heavy atom. The molecule has 3 N–H and O–H groups in total. The molecule has 14 heavy (non-hydrogen) atoms. The van der Waals surface area contributed by atoms with Gasteiger partial charge in [0, 0.05) is 13.0 Å². The molecule has 1 fully saturated rings. The number of carbonyl (C=O) groups excluding carboxylic acids is 1. The second-order valence-electron chi connectivity index (χ2n) is 3.63. The van der Waals surface area contributed by atoms with Crippen LogP contribution in [0.15, 0.2) is 0 Å². The van der Waals surface area contributed by atoms with Crippen LogP contribution in [0.1, 0.15) is 25.7 Å². The molecule has 0 unspecified atom stereocenters. The van der Waals surface area contributed by atoms with Gasteiger partial charge in [-0.1, -0.05) is 0 Å². The summed E-state index contributed by atoms with van der Waals surface area (Å²) in [7, 11) is 0. The summed E-state index contributed by atoms with van der Waals surface area (Å²) in [4.78, 5) is 11.1. The van der Waals surface area contributed by atoms with E-state index in [-0.39, 0.29) is 18.9 Å². The number of rotatable bonds is 4. The molecule has 0 spiro atoms. The third-order valence-corrected chi connectivity index (χ3v) is 2.16. The van der Waals surface area contributed by atoms with E-state index in [2.05, 4.69) is 5.32 Å². The van der Waals surface area contributed by atoms with Gasteiger partial charge in [-0.05, 0) is 19.3 Å². The lowest BCUT2D eigenvalue weighted by atomic mass is 10.2. The lowest BCUT2D eigenvalue weighted by Crippen LogP contribution is -2.43. The maximum Gasteiger partial charge on any atom is 0.389 e. The van der Waals surface area contributed by atoms with E-state index in [1.54, 1.807) is 0 Å². The second kappa shape index (κ2) is 3.76. The van der Waals surface area contributed by atoms with Crippen molar-refractivity contribution in [3.63, 3.8) is 0 Å². The molecule has 1 saturated carbocycles. The highest BCUT2D eigenvalue weighted by molar-refractivity contribution is 5.88. The summed E-state index contributed by atoms with van der Waals surface area (Å²) in [6, 6.07) is 0. The fourth-order valence-electron chi connectivity index (χ4n) is 1.03. The average Bonchev–Trinajstić information content (AvgIpc) is 2.76. The molecule has 0 heterocycles. The Hall–Kier alpha value is -0.780. The minimum absolute atomic E-state index is 0.0390. The van der Waals surface area contributed by atoms with E-state index >= 15 is 0 Å². The van der Waals surface area contributed by atoms with Crippen molar-refractivity contribution in [1.82, 2.24) is 5.32 Å². The Balaban J connectivity index is 2.07. The normalized spacial score (nSPS) is 19.1. The first kappa shape index (κ1) is 11.3. The maximum absolute atomic E-state index is 11.7. The highest BCUT2D eigenvalue weighted by atomic mass is 19.4. The predicted molar refractivity (Wildman–Crippen MR) is 44.5 cm³/mol. The molecule has 0 saturated heterocycles. The molecule has 3 nitrogen and oxygen atoms in total. The van der Waals surface area contributed by atoms with Crippen molar-refractivity contribution in [3.8, 4) is 0 Å². The van der Waals surface area contributed by atoms with Gasteiger partial charge in [-0.15, -0.1) is 0 Å². The number of amides is 1. The summed E-state index contributed by atoms with van der Waals surface area (Å²) >= 11 is 0. The van der Waals surface area contributed by atoms with Crippen LogP contribution in [0.3, 0.4) is 0 Å². The Morgan fingerprint density at radius 3 is 2.43 bits per heavy atom. The predicted octanol–water partition coefficient (Wildman–Crippen LogP) is 0.936. The molecular weight excluding hydrogens is 197 g/mol. The quantitative estimate of drug-likeness (QED) is 0.678. The van der Waals surface area contributed by atoms with Gasteiger partial charge in [-0.25, -0.2) is 0 Å². The fraction of sp³-hybridized carbons (Fsp3) is 0.875. The standard InChI is InChI=1S/C8H13F3N2O/c9-8(10,11)2-1-5-13-6(14)7(12)3-4-7/h1-5,12H2,(H,13,14). The molecule has 0 aromatic heterocycles. The average molecular weight is 210 g/mol. The van der Waals surface area contributed by atoms with E-state index in [1.165, 1.54) is 0 Å². The molecule has 1 aliphatic carbocycles. The largest absolute Gasteiger partial charge is 0.389 e. The molecule has 1 aliphatic rings. The number of nitrogens with two attached hydrogens (primary N) is 1. The first-order chi connectivity index (χ1) is 6.33. The van der Waals surface area contributed by atoms with Crippen molar-refractivity contribution in [3.05, 3.63) is 0 Å². The van der Waals surface area contributed by atoms with Crippen molar-refractivity contribution < 1.29 is 18.0 Å². The van der Waals surface area contributed by atoms with Crippen LogP contribution in [-0.2, 0) is 4.79 Å². The Bertz CT molecular complexity index is 223. The van der Waals surface area contributed by atoms with Crippen LogP contribution >= 0.6 is 0 Å². The molecular formula is C8H13F3N2O. The first-order valence-electron chi connectivity index (χ1n) is 4.47. The Morgan fingerprint density at radius 2 is 2.00 bits per heavy atom. The van der Waals surface area contributed by atoms with Gasteiger partial charge in [0.15, 0.2) is 0 Å². The summed E-state index contributed by atoms with van der Waals surface area (Å²) in [5, 5.41) is 2.39. The summed E-state index contributed by atoms with van der Waals surface area (Å²) in [6.07, 6.45) is -3.86. The SMILES string of the molecule is NC1(C(=O)NCCCC(F)(F)F)CC1. The van der Waals surface area contributed by atoms with Gasteiger partial charge in [-0.2, -0.15) is 13.2 Å².